The number of nitrogens with one attached hydrogen (secondary N) is 1. The molecule has 1 aliphatic rings. The maximum Gasteiger partial charge on any atom is 0.0991 e. The average molecular weight is 319 g/mol. The minimum absolute atomic E-state index is 0.515. The number of hydrogen-bond donors (Lipinski definition) is 1. The van der Waals surface area contributed by atoms with E-state index in [-0.39, 0.29) is 0 Å². The van der Waals surface area contributed by atoms with Crippen LogP contribution in [0, 0.1) is 32.1 Å². The summed E-state index contributed by atoms with van der Waals surface area (Å²) in [6, 6.07) is 15.4. The van der Waals surface area contributed by atoms with Crippen LogP contribution in [0.4, 0.5) is 5.69 Å². The lowest BCUT2D eigenvalue weighted by Crippen LogP contribution is -2.32. The van der Waals surface area contributed by atoms with E-state index in [1.165, 1.54) is 27.9 Å². The van der Waals surface area contributed by atoms with Crippen LogP contribution in [0.25, 0.3) is 0 Å². The van der Waals surface area contributed by atoms with Crippen molar-refractivity contribution in [1.82, 2.24) is 5.32 Å². The Bertz CT molecular complexity index is 773. The Hall–Kier alpha value is -2.31. The molecule has 0 amide bonds. The molecule has 1 heterocycles. The molecule has 0 bridgehead atoms. The first-order valence-electron chi connectivity index (χ1n) is 8.62. The average Bonchev–Trinajstić information content (AvgIpc) is 3.02. The van der Waals surface area contributed by atoms with E-state index in [1.807, 2.05) is 12.1 Å². The highest BCUT2D eigenvalue weighted by Gasteiger charge is 2.23. The van der Waals surface area contributed by atoms with E-state index in [4.69, 9.17) is 5.26 Å². The summed E-state index contributed by atoms with van der Waals surface area (Å²) in [5.74, 6) is 0. The maximum atomic E-state index is 9.00. The monoisotopic (exact) mass is 319 g/mol. The van der Waals surface area contributed by atoms with Gasteiger partial charge in [-0.2, -0.15) is 5.26 Å². The Balaban J connectivity index is 1.60. The second-order valence-corrected chi connectivity index (χ2v) is 6.86. The summed E-state index contributed by atoms with van der Waals surface area (Å²) in [6.45, 7) is 9.43. The van der Waals surface area contributed by atoms with Gasteiger partial charge in [0.05, 0.1) is 11.6 Å². The third-order valence-corrected chi connectivity index (χ3v) is 4.93. The quantitative estimate of drug-likeness (QED) is 0.930. The molecular weight excluding hydrogens is 294 g/mol. The van der Waals surface area contributed by atoms with Crippen molar-refractivity contribution in [1.29, 1.82) is 5.26 Å². The maximum absolute atomic E-state index is 9.00. The minimum atomic E-state index is 0.515. The van der Waals surface area contributed by atoms with E-state index >= 15 is 0 Å². The molecule has 1 aliphatic heterocycles. The largest absolute Gasteiger partial charge is 0.370 e. The van der Waals surface area contributed by atoms with Crippen molar-refractivity contribution >= 4 is 5.69 Å². The van der Waals surface area contributed by atoms with E-state index in [2.05, 4.69) is 61.3 Å². The first-order valence-corrected chi connectivity index (χ1v) is 8.62. The lowest BCUT2D eigenvalue weighted by Gasteiger charge is -2.21. The summed E-state index contributed by atoms with van der Waals surface area (Å²) in [5.41, 5.74) is 7.24. The van der Waals surface area contributed by atoms with Crippen LogP contribution in [-0.2, 0) is 6.54 Å². The predicted octanol–water partition coefficient (Wildman–Crippen LogP) is 3.85. The highest BCUT2D eigenvalue weighted by atomic mass is 15.2. The molecule has 0 aromatic heterocycles. The van der Waals surface area contributed by atoms with Gasteiger partial charge in [-0.25, -0.2) is 0 Å². The first kappa shape index (κ1) is 16.5. The van der Waals surface area contributed by atoms with Crippen LogP contribution >= 0.6 is 0 Å². The smallest absolute Gasteiger partial charge is 0.0991 e. The number of benzene rings is 2. The van der Waals surface area contributed by atoms with Crippen molar-refractivity contribution in [3.05, 3.63) is 64.2 Å². The number of rotatable bonds is 4. The van der Waals surface area contributed by atoms with Gasteiger partial charge in [0.1, 0.15) is 0 Å². The van der Waals surface area contributed by atoms with Gasteiger partial charge in [0.15, 0.2) is 0 Å². The summed E-state index contributed by atoms with van der Waals surface area (Å²) in [4.78, 5) is 2.43. The molecule has 124 valence electrons. The predicted molar refractivity (Wildman–Crippen MR) is 99.3 cm³/mol. The zero-order chi connectivity index (χ0) is 17.1. The first-order chi connectivity index (χ1) is 11.6. The van der Waals surface area contributed by atoms with Crippen LogP contribution in [0.3, 0.4) is 0 Å². The number of anilines is 1. The Morgan fingerprint density at radius 3 is 2.67 bits per heavy atom. The van der Waals surface area contributed by atoms with E-state index in [0.29, 0.717) is 6.04 Å². The molecule has 1 atom stereocenters. The Kier molecular flexibility index (Phi) is 4.87. The molecule has 0 spiro atoms. The molecule has 3 nitrogen and oxygen atoms in total. The molecule has 2 aromatic rings. The highest BCUT2D eigenvalue weighted by Crippen LogP contribution is 2.25. The van der Waals surface area contributed by atoms with Crippen molar-refractivity contribution in [3.63, 3.8) is 0 Å². The van der Waals surface area contributed by atoms with Crippen LogP contribution in [0.5, 0.6) is 0 Å². The SMILES string of the molecule is Cc1ccc(CNC2CCN(c3ccc(C#N)cc3C)C2)c(C)c1. The van der Waals surface area contributed by atoms with Gasteiger partial charge in [-0.3, -0.25) is 0 Å². The zero-order valence-corrected chi connectivity index (χ0v) is 14.8. The van der Waals surface area contributed by atoms with E-state index in [9.17, 15) is 0 Å². The lowest BCUT2D eigenvalue weighted by atomic mass is 10.1. The third kappa shape index (κ3) is 3.60. The number of nitrogens with zero attached hydrogens (tertiary/aromatic N) is 2. The summed E-state index contributed by atoms with van der Waals surface area (Å²) in [7, 11) is 0. The van der Waals surface area contributed by atoms with E-state index in [0.717, 1.165) is 31.6 Å². The lowest BCUT2D eigenvalue weighted by molar-refractivity contribution is 0.550. The van der Waals surface area contributed by atoms with E-state index in [1.54, 1.807) is 0 Å². The fraction of sp³-hybridized carbons (Fsp3) is 0.381. The van der Waals surface area contributed by atoms with Crippen molar-refractivity contribution in [2.45, 2.75) is 39.8 Å². The summed E-state index contributed by atoms with van der Waals surface area (Å²) in [6.07, 6.45) is 1.16. The van der Waals surface area contributed by atoms with Crippen molar-refractivity contribution in [3.8, 4) is 6.07 Å². The molecule has 1 fully saturated rings. The van der Waals surface area contributed by atoms with Crippen molar-refractivity contribution < 1.29 is 0 Å². The van der Waals surface area contributed by atoms with Gasteiger partial charge in [-0.05, 0) is 62.1 Å². The van der Waals surface area contributed by atoms with Gasteiger partial charge >= 0.3 is 0 Å². The van der Waals surface area contributed by atoms with Gasteiger partial charge < -0.3 is 10.2 Å². The second-order valence-electron chi connectivity index (χ2n) is 6.86. The molecule has 1 unspecified atom stereocenters. The van der Waals surface area contributed by atoms with Crippen LogP contribution in [0.2, 0.25) is 0 Å². The standard InChI is InChI=1S/C21H25N3/c1-15-4-6-19(16(2)10-15)13-23-20-8-9-24(14-20)21-7-5-18(12-22)11-17(21)3/h4-7,10-11,20,23H,8-9,13-14H2,1-3H3. The van der Waals surface area contributed by atoms with Crippen LogP contribution in [0.15, 0.2) is 36.4 Å². The third-order valence-electron chi connectivity index (χ3n) is 4.93. The van der Waals surface area contributed by atoms with Crippen LogP contribution in [0.1, 0.15) is 34.2 Å². The molecule has 0 saturated carbocycles. The Morgan fingerprint density at radius 1 is 1.12 bits per heavy atom. The van der Waals surface area contributed by atoms with Gasteiger partial charge in [0.25, 0.3) is 0 Å². The highest BCUT2D eigenvalue weighted by molar-refractivity contribution is 5.57. The molecule has 2 aromatic carbocycles. The molecule has 3 rings (SSSR count). The molecule has 0 aliphatic carbocycles. The summed E-state index contributed by atoms with van der Waals surface area (Å²) >= 11 is 0. The van der Waals surface area contributed by atoms with Gasteiger partial charge in [0.2, 0.25) is 0 Å². The van der Waals surface area contributed by atoms with Crippen molar-refractivity contribution in [2.24, 2.45) is 0 Å². The van der Waals surface area contributed by atoms with Crippen molar-refractivity contribution in [2.75, 3.05) is 18.0 Å². The minimum Gasteiger partial charge on any atom is -0.370 e. The molecule has 0 radical (unpaired) electrons. The molecule has 24 heavy (non-hydrogen) atoms. The fourth-order valence-corrected chi connectivity index (χ4v) is 3.52. The number of nitriles is 1. The fourth-order valence-electron chi connectivity index (χ4n) is 3.52. The second kappa shape index (κ2) is 7.07. The van der Waals surface area contributed by atoms with Gasteiger partial charge in [-0.1, -0.05) is 23.8 Å². The van der Waals surface area contributed by atoms with Gasteiger partial charge in [0, 0.05) is 31.4 Å². The van der Waals surface area contributed by atoms with Crippen LogP contribution < -0.4 is 10.2 Å². The Morgan fingerprint density at radius 2 is 1.96 bits per heavy atom. The Labute approximate surface area is 144 Å². The molecule has 3 heteroatoms. The van der Waals surface area contributed by atoms with E-state index < -0.39 is 0 Å². The topological polar surface area (TPSA) is 39.1 Å². The number of aryl methyl sites for hydroxylation is 3. The normalized spacial score (nSPS) is 17.1. The molecule has 1 N–H and O–H groups in total. The van der Waals surface area contributed by atoms with Crippen LogP contribution in [-0.4, -0.2) is 19.1 Å². The zero-order valence-electron chi connectivity index (χ0n) is 14.8. The summed E-state index contributed by atoms with van der Waals surface area (Å²) in [5, 5.41) is 12.7. The number of hydrogen-bond acceptors (Lipinski definition) is 3. The van der Waals surface area contributed by atoms with Gasteiger partial charge in [-0.15, -0.1) is 0 Å². The molecular formula is C21H25N3. The summed E-state index contributed by atoms with van der Waals surface area (Å²) < 4.78 is 0. The molecule has 1 saturated heterocycles.